The summed E-state index contributed by atoms with van der Waals surface area (Å²) in [5.74, 6) is 0.176. The van der Waals surface area contributed by atoms with Crippen molar-refractivity contribution in [1.82, 2.24) is 10.1 Å². The van der Waals surface area contributed by atoms with E-state index < -0.39 is 9.84 Å². The Morgan fingerprint density at radius 1 is 1.23 bits per heavy atom. The molecular formula is C14H17ClN2O4S. The average molecular weight is 345 g/mol. The number of hydrogen-bond acceptors (Lipinski definition) is 6. The second-order valence-electron chi connectivity index (χ2n) is 4.90. The minimum Gasteiger partial charge on any atom is -0.396 e. The third-order valence-corrected chi connectivity index (χ3v) is 4.85. The van der Waals surface area contributed by atoms with Crippen LogP contribution in [0.3, 0.4) is 0 Å². The van der Waals surface area contributed by atoms with Crippen molar-refractivity contribution in [2.24, 2.45) is 0 Å². The minimum absolute atomic E-state index is 0.0496. The first-order valence-corrected chi connectivity index (χ1v) is 9.10. The number of unbranched alkanes of at least 4 members (excludes halogenated alkanes) is 2. The van der Waals surface area contributed by atoms with Crippen molar-refractivity contribution in [3.05, 3.63) is 35.1 Å². The molecule has 8 heteroatoms. The summed E-state index contributed by atoms with van der Waals surface area (Å²) < 4.78 is 29.0. The van der Waals surface area contributed by atoms with Gasteiger partial charge in [-0.05, 0) is 31.0 Å². The van der Waals surface area contributed by atoms with Gasteiger partial charge >= 0.3 is 0 Å². The van der Waals surface area contributed by atoms with Crippen LogP contribution in [0.4, 0.5) is 0 Å². The number of aliphatic hydroxyl groups excluding tert-OH is 1. The Bertz CT molecular complexity index is 715. The van der Waals surface area contributed by atoms with Gasteiger partial charge in [0.15, 0.2) is 15.7 Å². The molecule has 0 saturated carbocycles. The third kappa shape index (κ3) is 5.08. The zero-order valence-electron chi connectivity index (χ0n) is 11.9. The van der Waals surface area contributed by atoms with Gasteiger partial charge in [-0.3, -0.25) is 0 Å². The van der Waals surface area contributed by atoms with Crippen LogP contribution < -0.4 is 0 Å². The molecule has 0 amide bonds. The van der Waals surface area contributed by atoms with E-state index in [-0.39, 0.29) is 29.8 Å². The quantitative estimate of drug-likeness (QED) is 0.739. The topological polar surface area (TPSA) is 93.3 Å². The van der Waals surface area contributed by atoms with Gasteiger partial charge in [-0.25, -0.2) is 8.42 Å². The van der Waals surface area contributed by atoms with Crippen LogP contribution in [0.5, 0.6) is 0 Å². The Morgan fingerprint density at radius 2 is 2.05 bits per heavy atom. The van der Waals surface area contributed by atoms with Crippen LogP contribution in [0.15, 0.2) is 28.8 Å². The Hall–Kier alpha value is -1.44. The van der Waals surface area contributed by atoms with Gasteiger partial charge < -0.3 is 9.63 Å². The van der Waals surface area contributed by atoms with Gasteiger partial charge in [-0.2, -0.15) is 4.98 Å². The molecule has 22 heavy (non-hydrogen) atoms. The molecular weight excluding hydrogens is 328 g/mol. The zero-order chi connectivity index (χ0) is 16.0. The fourth-order valence-corrected chi connectivity index (χ4v) is 3.42. The SMILES string of the molecule is O=S(=O)(CCCCCO)Cc1noc(-c2cccc(Cl)c2)n1. The van der Waals surface area contributed by atoms with Crippen molar-refractivity contribution in [3.8, 4) is 11.5 Å². The van der Waals surface area contributed by atoms with Crippen LogP contribution in [0.25, 0.3) is 11.5 Å². The fourth-order valence-electron chi connectivity index (χ4n) is 1.93. The van der Waals surface area contributed by atoms with E-state index in [0.717, 1.165) is 0 Å². The Morgan fingerprint density at radius 3 is 2.77 bits per heavy atom. The first-order chi connectivity index (χ1) is 10.5. The smallest absolute Gasteiger partial charge is 0.258 e. The van der Waals surface area contributed by atoms with Gasteiger partial charge in [0.1, 0.15) is 5.75 Å². The van der Waals surface area contributed by atoms with Crippen molar-refractivity contribution in [2.45, 2.75) is 25.0 Å². The highest BCUT2D eigenvalue weighted by Crippen LogP contribution is 2.21. The summed E-state index contributed by atoms with van der Waals surface area (Å²) in [7, 11) is -3.28. The Kier molecular flexibility index (Phi) is 5.93. The second kappa shape index (κ2) is 7.71. The van der Waals surface area contributed by atoms with Gasteiger partial charge in [-0.1, -0.05) is 29.2 Å². The van der Waals surface area contributed by atoms with Crippen molar-refractivity contribution in [1.29, 1.82) is 0 Å². The van der Waals surface area contributed by atoms with E-state index >= 15 is 0 Å². The van der Waals surface area contributed by atoms with Gasteiger partial charge in [0.2, 0.25) is 0 Å². The van der Waals surface area contributed by atoms with Crippen molar-refractivity contribution in [3.63, 3.8) is 0 Å². The molecule has 0 spiro atoms. The minimum atomic E-state index is -3.28. The summed E-state index contributed by atoms with van der Waals surface area (Å²) in [5.41, 5.74) is 0.645. The molecule has 120 valence electrons. The molecule has 2 aromatic rings. The van der Waals surface area contributed by atoms with Crippen LogP contribution in [-0.2, 0) is 15.6 Å². The Balaban J connectivity index is 1.99. The molecule has 0 unspecified atom stereocenters. The lowest BCUT2D eigenvalue weighted by molar-refractivity contribution is 0.284. The normalized spacial score (nSPS) is 11.7. The predicted octanol–water partition coefficient (Wildman–Crippen LogP) is 2.47. The highest BCUT2D eigenvalue weighted by Gasteiger charge is 2.17. The number of nitrogens with zero attached hydrogens (tertiary/aromatic N) is 2. The average Bonchev–Trinajstić information content (AvgIpc) is 2.91. The van der Waals surface area contributed by atoms with E-state index in [4.69, 9.17) is 21.2 Å². The largest absolute Gasteiger partial charge is 0.396 e. The third-order valence-electron chi connectivity index (χ3n) is 3.00. The maximum absolute atomic E-state index is 12.0. The summed E-state index contributed by atoms with van der Waals surface area (Å²) in [6.07, 6.45) is 1.80. The van der Waals surface area contributed by atoms with Crippen LogP contribution in [-0.4, -0.2) is 36.0 Å². The van der Waals surface area contributed by atoms with Gasteiger partial charge in [-0.15, -0.1) is 0 Å². The van der Waals surface area contributed by atoms with E-state index in [2.05, 4.69) is 10.1 Å². The summed E-state index contributed by atoms with van der Waals surface area (Å²) in [6.45, 7) is 0.0773. The first kappa shape index (κ1) is 16.9. The number of halogens is 1. The molecule has 0 saturated heterocycles. The monoisotopic (exact) mass is 344 g/mol. The lowest BCUT2D eigenvalue weighted by Crippen LogP contribution is -2.10. The maximum Gasteiger partial charge on any atom is 0.258 e. The van der Waals surface area contributed by atoms with Gasteiger partial charge in [0.25, 0.3) is 5.89 Å². The van der Waals surface area contributed by atoms with E-state index in [9.17, 15) is 8.42 Å². The molecule has 0 bridgehead atoms. The van der Waals surface area contributed by atoms with E-state index in [1.807, 2.05) is 0 Å². The zero-order valence-corrected chi connectivity index (χ0v) is 13.5. The van der Waals surface area contributed by atoms with Crippen LogP contribution >= 0.6 is 11.6 Å². The molecule has 0 fully saturated rings. The molecule has 1 aromatic heterocycles. The molecule has 1 heterocycles. The molecule has 0 aliphatic rings. The highest BCUT2D eigenvalue weighted by molar-refractivity contribution is 7.90. The number of aliphatic hydroxyl groups is 1. The summed E-state index contributed by atoms with van der Waals surface area (Å²) in [4.78, 5) is 4.10. The lowest BCUT2D eigenvalue weighted by atomic mass is 10.2. The van der Waals surface area contributed by atoms with Gasteiger partial charge in [0, 0.05) is 17.2 Å². The maximum atomic E-state index is 12.0. The van der Waals surface area contributed by atoms with Crippen LogP contribution in [0, 0.1) is 0 Å². The standard InChI is InChI=1S/C14H17ClN2O4S/c15-12-6-4-5-11(9-12)14-16-13(17-21-14)10-22(19,20)8-3-1-2-7-18/h4-6,9,18H,1-3,7-8,10H2. The molecule has 1 aromatic carbocycles. The van der Waals surface area contributed by atoms with E-state index in [1.165, 1.54) is 0 Å². The number of hydrogen-bond donors (Lipinski definition) is 1. The summed E-state index contributed by atoms with van der Waals surface area (Å²) in [6, 6.07) is 6.90. The van der Waals surface area contributed by atoms with Crippen molar-refractivity contribution in [2.75, 3.05) is 12.4 Å². The van der Waals surface area contributed by atoms with E-state index in [1.54, 1.807) is 24.3 Å². The van der Waals surface area contributed by atoms with Crippen LogP contribution in [0.2, 0.25) is 5.02 Å². The predicted molar refractivity (Wildman–Crippen MR) is 83.2 cm³/mol. The van der Waals surface area contributed by atoms with Crippen LogP contribution in [0.1, 0.15) is 25.1 Å². The number of benzene rings is 1. The Labute approximate surface area is 134 Å². The van der Waals surface area contributed by atoms with Gasteiger partial charge in [0.05, 0.1) is 5.75 Å². The summed E-state index contributed by atoms with van der Waals surface area (Å²) in [5, 5.41) is 12.9. The lowest BCUT2D eigenvalue weighted by Gasteiger charge is -2.00. The molecule has 2 rings (SSSR count). The molecule has 0 aliphatic carbocycles. The summed E-state index contributed by atoms with van der Waals surface area (Å²) >= 11 is 5.89. The molecule has 6 nitrogen and oxygen atoms in total. The number of sulfone groups is 1. The molecule has 1 N–H and O–H groups in total. The first-order valence-electron chi connectivity index (χ1n) is 6.90. The number of aromatic nitrogens is 2. The molecule has 0 radical (unpaired) electrons. The highest BCUT2D eigenvalue weighted by atomic mass is 35.5. The number of rotatable bonds is 8. The molecule has 0 atom stereocenters. The van der Waals surface area contributed by atoms with Crippen molar-refractivity contribution < 1.29 is 18.0 Å². The van der Waals surface area contributed by atoms with E-state index in [0.29, 0.717) is 29.8 Å². The second-order valence-corrected chi connectivity index (χ2v) is 7.52. The fraction of sp³-hybridized carbons (Fsp3) is 0.429. The molecule has 0 aliphatic heterocycles. The van der Waals surface area contributed by atoms with Crippen molar-refractivity contribution >= 4 is 21.4 Å².